The predicted octanol–water partition coefficient (Wildman–Crippen LogP) is 2.67. The topological polar surface area (TPSA) is 28.7 Å². The molecule has 0 spiro atoms. The molecule has 7 heteroatoms. The molecule has 0 aromatic carbocycles. The van der Waals surface area contributed by atoms with Crippen molar-refractivity contribution in [2.45, 2.75) is 19.5 Å². The lowest BCUT2D eigenvalue weighted by atomic mass is 10.2. The number of aromatic amines is 1. The Morgan fingerprint density at radius 2 is 1.85 bits per heavy atom. The highest BCUT2D eigenvalue weighted by atomic mass is 19.4. The first-order valence-electron chi connectivity index (χ1n) is 3.24. The van der Waals surface area contributed by atoms with Gasteiger partial charge in [-0.05, 0) is 6.92 Å². The van der Waals surface area contributed by atoms with Crippen LogP contribution in [0.3, 0.4) is 0 Å². The van der Waals surface area contributed by atoms with E-state index in [2.05, 4.69) is 5.10 Å². The summed E-state index contributed by atoms with van der Waals surface area (Å²) in [5.41, 5.74) is -2.88. The van der Waals surface area contributed by atoms with Crippen molar-refractivity contribution in [1.29, 1.82) is 0 Å². The third-order valence-corrected chi connectivity index (χ3v) is 1.48. The number of aromatic nitrogens is 2. The maximum atomic E-state index is 12.1. The number of nitrogens with one attached hydrogen (secondary N) is 1. The number of aryl methyl sites for hydroxylation is 1. The summed E-state index contributed by atoms with van der Waals surface area (Å²) in [5.74, 6) is 0. The fourth-order valence-corrected chi connectivity index (χ4v) is 0.921. The minimum absolute atomic E-state index is 0.262. The van der Waals surface area contributed by atoms with Gasteiger partial charge in [-0.3, -0.25) is 5.10 Å². The Balaban J connectivity index is 3.23. The Morgan fingerprint density at radius 1 is 1.31 bits per heavy atom. The van der Waals surface area contributed by atoms with Crippen molar-refractivity contribution in [1.82, 2.24) is 10.2 Å². The van der Waals surface area contributed by atoms with Crippen molar-refractivity contribution in [3.63, 3.8) is 0 Å². The SMILES string of the molecule is Cc1[nH]nc(C(F)(F)F)c1C(F)F. The third-order valence-electron chi connectivity index (χ3n) is 1.48. The molecular formula is C6H5F5N2. The minimum Gasteiger partial charge on any atom is -0.282 e. The van der Waals surface area contributed by atoms with E-state index < -0.39 is 23.9 Å². The summed E-state index contributed by atoms with van der Waals surface area (Å²) in [6.45, 7) is 1.11. The zero-order valence-electron chi connectivity index (χ0n) is 6.41. The first-order valence-corrected chi connectivity index (χ1v) is 3.24. The Kier molecular flexibility index (Phi) is 2.27. The van der Waals surface area contributed by atoms with Crippen LogP contribution in [0.4, 0.5) is 22.0 Å². The fraction of sp³-hybridized carbons (Fsp3) is 0.500. The van der Waals surface area contributed by atoms with Crippen molar-refractivity contribution in [3.05, 3.63) is 17.0 Å². The molecule has 2 nitrogen and oxygen atoms in total. The van der Waals surface area contributed by atoms with E-state index in [1.807, 2.05) is 5.10 Å². The second-order valence-corrected chi connectivity index (χ2v) is 2.41. The van der Waals surface area contributed by atoms with Crippen LogP contribution in [0, 0.1) is 6.92 Å². The summed E-state index contributed by atoms with van der Waals surface area (Å²) < 4.78 is 60.2. The van der Waals surface area contributed by atoms with Crippen molar-refractivity contribution in [2.75, 3.05) is 0 Å². The Hall–Kier alpha value is -1.14. The van der Waals surface area contributed by atoms with E-state index in [9.17, 15) is 22.0 Å². The normalized spacial score (nSPS) is 12.5. The van der Waals surface area contributed by atoms with E-state index in [1.165, 1.54) is 0 Å². The molecule has 0 amide bonds. The van der Waals surface area contributed by atoms with E-state index in [-0.39, 0.29) is 5.69 Å². The highest BCUT2D eigenvalue weighted by Gasteiger charge is 2.39. The van der Waals surface area contributed by atoms with Crippen LogP contribution in [0.5, 0.6) is 0 Å². The number of hydrogen-bond donors (Lipinski definition) is 1. The molecular weight excluding hydrogens is 195 g/mol. The number of halogens is 5. The molecule has 0 radical (unpaired) electrons. The summed E-state index contributed by atoms with van der Waals surface area (Å²) in [4.78, 5) is 0. The molecule has 1 aromatic heterocycles. The maximum Gasteiger partial charge on any atom is 0.435 e. The molecule has 1 heterocycles. The van der Waals surface area contributed by atoms with Gasteiger partial charge in [-0.2, -0.15) is 18.3 Å². The first kappa shape index (κ1) is 9.94. The zero-order chi connectivity index (χ0) is 10.2. The maximum absolute atomic E-state index is 12.1. The van der Waals surface area contributed by atoms with Crippen LogP contribution < -0.4 is 0 Å². The van der Waals surface area contributed by atoms with Gasteiger partial charge < -0.3 is 0 Å². The van der Waals surface area contributed by atoms with Crippen molar-refractivity contribution >= 4 is 0 Å². The van der Waals surface area contributed by atoms with Gasteiger partial charge in [0, 0.05) is 5.69 Å². The molecule has 0 unspecified atom stereocenters. The van der Waals surface area contributed by atoms with Gasteiger partial charge in [-0.15, -0.1) is 0 Å². The Morgan fingerprint density at radius 3 is 2.15 bits per heavy atom. The van der Waals surface area contributed by atoms with E-state index in [1.54, 1.807) is 0 Å². The molecule has 0 bridgehead atoms. The molecule has 0 saturated heterocycles. The van der Waals surface area contributed by atoms with Gasteiger partial charge in [0.25, 0.3) is 6.43 Å². The number of hydrogen-bond acceptors (Lipinski definition) is 1. The fourth-order valence-electron chi connectivity index (χ4n) is 0.921. The molecule has 0 fully saturated rings. The number of nitrogens with zero attached hydrogens (tertiary/aromatic N) is 1. The van der Waals surface area contributed by atoms with Gasteiger partial charge in [-0.1, -0.05) is 0 Å². The standard InChI is InChI=1S/C6H5F5N2/c1-2-3(5(7)8)4(13-12-2)6(9,10)11/h5H,1H3,(H,12,13). The smallest absolute Gasteiger partial charge is 0.282 e. The minimum atomic E-state index is -4.84. The van der Waals surface area contributed by atoms with Crippen LogP contribution in [0.15, 0.2) is 0 Å². The summed E-state index contributed by atoms with van der Waals surface area (Å²) >= 11 is 0. The van der Waals surface area contributed by atoms with Crippen LogP contribution >= 0.6 is 0 Å². The van der Waals surface area contributed by atoms with E-state index in [0.29, 0.717) is 0 Å². The van der Waals surface area contributed by atoms with Gasteiger partial charge in [0.2, 0.25) is 0 Å². The van der Waals surface area contributed by atoms with Gasteiger partial charge >= 0.3 is 6.18 Å². The predicted molar refractivity (Wildman–Crippen MR) is 33.3 cm³/mol. The lowest BCUT2D eigenvalue weighted by Crippen LogP contribution is -2.09. The lowest BCUT2D eigenvalue weighted by molar-refractivity contribution is -0.143. The molecule has 1 rings (SSSR count). The third kappa shape index (κ3) is 1.78. The van der Waals surface area contributed by atoms with Crippen LogP contribution in [0.25, 0.3) is 0 Å². The van der Waals surface area contributed by atoms with Crippen LogP contribution in [0.1, 0.15) is 23.4 Å². The van der Waals surface area contributed by atoms with E-state index in [4.69, 9.17) is 0 Å². The molecule has 0 atom stereocenters. The largest absolute Gasteiger partial charge is 0.435 e. The molecule has 0 aliphatic heterocycles. The van der Waals surface area contributed by atoms with Gasteiger partial charge in [0.15, 0.2) is 5.69 Å². The summed E-state index contributed by atoms with van der Waals surface area (Å²) in [6.07, 6.45) is -8.01. The van der Waals surface area contributed by atoms with Crippen LogP contribution in [-0.2, 0) is 6.18 Å². The quantitative estimate of drug-likeness (QED) is 0.693. The molecule has 0 saturated carbocycles. The second-order valence-electron chi connectivity index (χ2n) is 2.41. The second kappa shape index (κ2) is 2.97. The Labute approximate surface area is 69.8 Å². The van der Waals surface area contributed by atoms with Gasteiger partial charge in [0.05, 0.1) is 5.56 Å². The summed E-state index contributed by atoms with van der Waals surface area (Å²) in [7, 11) is 0. The molecule has 1 aromatic rings. The number of alkyl halides is 5. The lowest BCUT2D eigenvalue weighted by Gasteiger charge is -2.05. The average Bonchev–Trinajstić information content (AvgIpc) is 2.28. The number of rotatable bonds is 1. The average molecular weight is 200 g/mol. The van der Waals surface area contributed by atoms with Crippen LogP contribution in [0.2, 0.25) is 0 Å². The zero-order valence-corrected chi connectivity index (χ0v) is 6.41. The molecule has 74 valence electrons. The Bertz CT molecular complexity index is 300. The molecule has 0 aliphatic carbocycles. The van der Waals surface area contributed by atoms with Crippen molar-refractivity contribution < 1.29 is 22.0 Å². The van der Waals surface area contributed by atoms with E-state index >= 15 is 0 Å². The monoisotopic (exact) mass is 200 g/mol. The number of H-pyrrole nitrogens is 1. The van der Waals surface area contributed by atoms with Gasteiger partial charge in [-0.25, -0.2) is 8.78 Å². The molecule has 0 aliphatic rings. The van der Waals surface area contributed by atoms with E-state index in [0.717, 1.165) is 6.92 Å². The summed E-state index contributed by atoms with van der Waals surface area (Å²) in [5, 5.41) is 4.65. The van der Waals surface area contributed by atoms with Gasteiger partial charge in [0.1, 0.15) is 0 Å². The first-order chi connectivity index (χ1) is 5.84. The molecule has 1 N–H and O–H groups in total. The molecule has 13 heavy (non-hydrogen) atoms. The van der Waals surface area contributed by atoms with Crippen LogP contribution in [-0.4, -0.2) is 10.2 Å². The van der Waals surface area contributed by atoms with Crippen molar-refractivity contribution in [2.24, 2.45) is 0 Å². The highest BCUT2D eigenvalue weighted by Crippen LogP contribution is 2.35. The van der Waals surface area contributed by atoms with Crippen molar-refractivity contribution in [3.8, 4) is 0 Å². The highest BCUT2D eigenvalue weighted by molar-refractivity contribution is 5.27. The summed E-state index contributed by atoms with van der Waals surface area (Å²) in [6, 6.07) is 0.